The van der Waals surface area contributed by atoms with E-state index in [-0.39, 0.29) is 12.4 Å². The molecule has 106 valence electrons. The van der Waals surface area contributed by atoms with Crippen LogP contribution in [-0.4, -0.2) is 0 Å². The van der Waals surface area contributed by atoms with Crippen molar-refractivity contribution >= 4 is 37.9 Å². The molecule has 2 aromatic carbocycles. The van der Waals surface area contributed by atoms with Crippen LogP contribution >= 0.6 is 31.9 Å². The normalized spacial score (nSPS) is 10.6. The molecule has 2 aromatic rings. The monoisotopic (exact) mass is 409 g/mol. The Balaban J connectivity index is 2.17. The van der Waals surface area contributed by atoms with Crippen molar-refractivity contribution in [1.29, 1.82) is 5.26 Å². The molecule has 0 N–H and O–H groups in total. The van der Waals surface area contributed by atoms with E-state index in [1.807, 2.05) is 18.2 Å². The van der Waals surface area contributed by atoms with Crippen molar-refractivity contribution in [1.82, 2.24) is 0 Å². The number of halogens is 3. The largest absolute Gasteiger partial charge is 0.487 e. The van der Waals surface area contributed by atoms with Gasteiger partial charge in [-0.05, 0) is 73.3 Å². The molecule has 0 atom stereocenters. The lowest BCUT2D eigenvalue weighted by atomic mass is 10.2. The van der Waals surface area contributed by atoms with Crippen molar-refractivity contribution in [3.8, 4) is 11.8 Å². The molecule has 2 rings (SSSR count). The Labute approximate surface area is 139 Å². The fourth-order valence-corrected chi connectivity index (χ4v) is 3.18. The summed E-state index contributed by atoms with van der Waals surface area (Å²) in [5, 5.41) is 8.54. The van der Waals surface area contributed by atoms with E-state index >= 15 is 0 Å². The zero-order valence-corrected chi connectivity index (χ0v) is 14.0. The van der Waals surface area contributed by atoms with Crippen molar-refractivity contribution in [3.63, 3.8) is 0 Å². The lowest BCUT2D eigenvalue weighted by Gasteiger charge is -2.11. The van der Waals surface area contributed by atoms with Crippen LogP contribution in [0, 0.1) is 17.1 Å². The second-order valence-electron chi connectivity index (χ2n) is 4.19. The van der Waals surface area contributed by atoms with E-state index in [1.165, 1.54) is 18.2 Å². The Morgan fingerprint density at radius 1 is 1.19 bits per heavy atom. The third-order valence-electron chi connectivity index (χ3n) is 2.64. The van der Waals surface area contributed by atoms with Gasteiger partial charge in [0.1, 0.15) is 18.2 Å². The first-order valence-corrected chi connectivity index (χ1v) is 7.61. The highest BCUT2D eigenvalue weighted by atomic mass is 79.9. The summed E-state index contributed by atoms with van der Waals surface area (Å²) in [5.41, 5.74) is 1.62. The fourth-order valence-electron chi connectivity index (χ4n) is 1.73. The summed E-state index contributed by atoms with van der Waals surface area (Å²) in [4.78, 5) is 0. The standard InChI is InChI=1S/C16H10Br2FNO/c17-14-8-11(4-2-6-20)9-15(18)16(14)21-10-12-3-1-5-13(19)7-12/h1-5,7-9H,10H2. The number of hydrogen-bond donors (Lipinski definition) is 0. The fraction of sp³-hybridized carbons (Fsp3) is 0.0625. The van der Waals surface area contributed by atoms with Crippen LogP contribution in [0.25, 0.3) is 6.08 Å². The highest BCUT2D eigenvalue weighted by Gasteiger charge is 2.08. The van der Waals surface area contributed by atoms with E-state index in [0.29, 0.717) is 5.75 Å². The Bertz CT molecular complexity index is 699. The molecule has 0 aromatic heterocycles. The highest BCUT2D eigenvalue weighted by molar-refractivity contribution is 9.11. The Morgan fingerprint density at radius 2 is 1.90 bits per heavy atom. The van der Waals surface area contributed by atoms with Crippen molar-refractivity contribution in [3.05, 3.63) is 68.4 Å². The summed E-state index contributed by atoms with van der Waals surface area (Å²) in [6.07, 6.45) is 3.10. The summed E-state index contributed by atoms with van der Waals surface area (Å²) in [5.74, 6) is 0.347. The van der Waals surface area contributed by atoms with Crippen LogP contribution in [0.15, 0.2) is 51.4 Å². The summed E-state index contributed by atoms with van der Waals surface area (Å²) in [7, 11) is 0. The Morgan fingerprint density at radius 3 is 2.52 bits per heavy atom. The average molecular weight is 411 g/mol. The van der Waals surface area contributed by atoms with Crippen LogP contribution < -0.4 is 4.74 Å². The van der Waals surface area contributed by atoms with Crippen molar-refractivity contribution in [2.24, 2.45) is 0 Å². The van der Waals surface area contributed by atoms with E-state index in [9.17, 15) is 4.39 Å². The molecule has 0 aliphatic carbocycles. The van der Waals surface area contributed by atoms with Gasteiger partial charge in [0.15, 0.2) is 0 Å². The van der Waals surface area contributed by atoms with Crippen molar-refractivity contribution < 1.29 is 9.13 Å². The zero-order chi connectivity index (χ0) is 15.2. The minimum Gasteiger partial charge on any atom is -0.487 e. The molecule has 2 nitrogen and oxygen atoms in total. The summed E-state index contributed by atoms with van der Waals surface area (Å²) < 4.78 is 20.3. The highest BCUT2D eigenvalue weighted by Crippen LogP contribution is 2.35. The van der Waals surface area contributed by atoms with Crippen LogP contribution in [-0.2, 0) is 6.61 Å². The van der Waals surface area contributed by atoms with Gasteiger partial charge in [0.05, 0.1) is 15.0 Å². The minimum atomic E-state index is -0.286. The van der Waals surface area contributed by atoms with Gasteiger partial charge in [0.25, 0.3) is 0 Å². The first kappa shape index (κ1) is 15.7. The van der Waals surface area contributed by atoms with Gasteiger partial charge in [-0.3, -0.25) is 0 Å². The third kappa shape index (κ3) is 4.42. The molecule has 0 amide bonds. The number of benzene rings is 2. The van der Waals surface area contributed by atoms with Gasteiger partial charge in [-0.2, -0.15) is 5.26 Å². The molecule has 0 unspecified atom stereocenters. The van der Waals surface area contributed by atoms with Crippen LogP contribution in [0.5, 0.6) is 5.75 Å². The molecule has 21 heavy (non-hydrogen) atoms. The molecule has 0 aliphatic heterocycles. The number of rotatable bonds is 4. The maximum atomic E-state index is 13.1. The molecule has 0 heterocycles. The lowest BCUT2D eigenvalue weighted by molar-refractivity contribution is 0.301. The summed E-state index contributed by atoms with van der Waals surface area (Å²) in [6, 6.07) is 11.9. The number of ether oxygens (including phenoxy) is 1. The molecule has 5 heteroatoms. The van der Waals surface area contributed by atoms with Gasteiger partial charge < -0.3 is 4.74 Å². The number of nitriles is 1. The van der Waals surface area contributed by atoms with Gasteiger partial charge in [0.2, 0.25) is 0 Å². The molecule has 0 bridgehead atoms. The van der Waals surface area contributed by atoms with E-state index in [1.54, 1.807) is 18.2 Å². The Kier molecular flexibility index (Phi) is 5.54. The van der Waals surface area contributed by atoms with Crippen LogP contribution in [0.4, 0.5) is 4.39 Å². The quantitative estimate of drug-likeness (QED) is 0.626. The maximum Gasteiger partial charge on any atom is 0.148 e. The molecular formula is C16H10Br2FNO. The minimum absolute atomic E-state index is 0.266. The number of allylic oxidation sites excluding steroid dienone is 1. The Hall–Kier alpha value is -1.64. The third-order valence-corrected chi connectivity index (χ3v) is 3.82. The number of nitrogens with zero attached hydrogens (tertiary/aromatic N) is 1. The molecular weight excluding hydrogens is 401 g/mol. The lowest BCUT2D eigenvalue weighted by Crippen LogP contribution is -1.97. The second-order valence-corrected chi connectivity index (χ2v) is 5.90. The smallest absolute Gasteiger partial charge is 0.148 e. The summed E-state index contributed by atoms with van der Waals surface area (Å²) >= 11 is 6.86. The van der Waals surface area contributed by atoms with Crippen LogP contribution in [0.3, 0.4) is 0 Å². The second kappa shape index (κ2) is 7.39. The average Bonchev–Trinajstić information content (AvgIpc) is 2.44. The first-order valence-electron chi connectivity index (χ1n) is 6.02. The molecule has 0 spiro atoms. The van der Waals surface area contributed by atoms with E-state index in [4.69, 9.17) is 10.00 Å². The molecule has 0 saturated carbocycles. The topological polar surface area (TPSA) is 33.0 Å². The van der Waals surface area contributed by atoms with Gasteiger partial charge in [0, 0.05) is 6.08 Å². The molecule has 0 fully saturated rings. The molecule has 0 aliphatic rings. The van der Waals surface area contributed by atoms with Crippen LogP contribution in [0.2, 0.25) is 0 Å². The first-order chi connectivity index (χ1) is 10.1. The van der Waals surface area contributed by atoms with Gasteiger partial charge in [-0.15, -0.1) is 0 Å². The van der Waals surface area contributed by atoms with Crippen molar-refractivity contribution in [2.45, 2.75) is 6.61 Å². The number of hydrogen-bond acceptors (Lipinski definition) is 2. The molecule has 0 radical (unpaired) electrons. The zero-order valence-electron chi connectivity index (χ0n) is 10.8. The van der Waals surface area contributed by atoms with E-state index in [0.717, 1.165) is 20.1 Å². The molecule has 0 saturated heterocycles. The van der Waals surface area contributed by atoms with E-state index in [2.05, 4.69) is 31.9 Å². The SMILES string of the molecule is N#CC=Cc1cc(Br)c(OCc2cccc(F)c2)c(Br)c1. The van der Waals surface area contributed by atoms with Crippen LogP contribution in [0.1, 0.15) is 11.1 Å². The van der Waals surface area contributed by atoms with Gasteiger partial charge >= 0.3 is 0 Å². The maximum absolute atomic E-state index is 13.1. The van der Waals surface area contributed by atoms with Gasteiger partial charge in [-0.25, -0.2) is 4.39 Å². The van der Waals surface area contributed by atoms with Gasteiger partial charge in [-0.1, -0.05) is 12.1 Å². The predicted octanol–water partition coefficient (Wildman–Crippen LogP) is 5.47. The van der Waals surface area contributed by atoms with E-state index < -0.39 is 0 Å². The summed E-state index contributed by atoms with van der Waals surface area (Å²) in [6.45, 7) is 0.266. The predicted molar refractivity (Wildman–Crippen MR) is 87.2 cm³/mol. The van der Waals surface area contributed by atoms with Crippen molar-refractivity contribution in [2.75, 3.05) is 0 Å².